The molecule has 2 aromatic rings. The molecule has 2 aromatic heterocycles. The summed E-state index contributed by atoms with van der Waals surface area (Å²) in [6.07, 6.45) is 0. The van der Waals surface area contributed by atoms with Gasteiger partial charge in [-0.1, -0.05) is 6.92 Å². The Morgan fingerprint density at radius 2 is 2.33 bits per heavy atom. The minimum Gasteiger partial charge on any atom is -0.396 e. The first kappa shape index (κ1) is 13.3. The Kier molecular flexibility index (Phi) is 4.15. The van der Waals surface area contributed by atoms with Crippen molar-refractivity contribution in [3.05, 3.63) is 11.1 Å². The number of nitrogens with zero attached hydrogens (tertiary/aromatic N) is 2. The van der Waals surface area contributed by atoms with Crippen molar-refractivity contribution < 1.29 is 5.11 Å². The molecule has 0 fully saturated rings. The summed E-state index contributed by atoms with van der Waals surface area (Å²) in [5.74, 6) is 0.702. The maximum atomic E-state index is 9.02. The molecule has 0 radical (unpaired) electrons. The molecule has 2 heterocycles. The van der Waals surface area contributed by atoms with E-state index < -0.39 is 0 Å². The van der Waals surface area contributed by atoms with Gasteiger partial charge in [-0.3, -0.25) is 0 Å². The van der Waals surface area contributed by atoms with Gasteiger partial charge in [-0.25, -0.2) is 4.98 Å². The molecular weight excluding hydrogens is 268 g/mol. The molecule has 2 rings (SSSR count). The highest BCUT2D eigenvalue weighted by Gasteiger charge is 2.16. The van der Waals surface area contributed by atoms with Crippen molar-refractivity contribution >= 4 is 33.7 Å². The number of nitrogens with one attached hydrogen (secondary N) is 1. The molecule has 0 spiro atoms. The lowest BCUT2D eigenvalue weighted by molar-refractivity contribution is 0.244. The van der Waals surface area contributed by atoms with Crippen LogP contribution in [0.3, 0.4) is 0 Å². The molecule has 7 heteroatoms. The lowest BCUT2D eigenvalue weighted by Crippen LogP contribution is -2.14. The number of aryl methyl sites for hydroxylation is 1. The summed E-state index contributed by atoms with van der Waals surface area (Å²) in [5, 5.41) is 16.1. The second kappa shape index (κ2) is 5.64. The number of aliphatic hydroxyl groups is 1. The molecule has 0 amide bonds. The van der Waals surface area contributed by atoms with E-state index in [0.29, 0.717) is 12.4 Å². The highest BCUT2D eigenvalue weighted by molar-refractivity contribution is 7.15. The lowest BCUT2D eigenvalue weighted by Gasteiger charge is -2.09. The first-order valence-electron chi connectivity index (χ1n) is 5.64. The van der Waals surface area contributed by atoms with E-state index in [1.165, 1.54) is 11.5 Å². The number of hydrogen-bond donors (Lipinski definition) is 3. The third-order valence-electron chi connectivity index (χ3n) is 2.47. The Labute approximate surface area is 114 Å². The number of nitrogens with two attached hydrogens (primary N) is 1. The van der Waals surface area contributed by atoms with Gasteiger partial charge in [0.2, 0.25) is 0 Å². The Morgan fingerprint density at radius 1 is 1.56 bits per heavy atom. The topological polar surface area (TPSA) is 84.1 Å². The zero-order valence-electron chi connectivity index (χ0n) is 10.3. The van der Waals surface area contributed by atoms with Gasteiger partial charge < -0.3 is 16.2 Å². The van der Waals surface area contributed by atoms with E-state index in [2.05, 4.69) is 14.7 Å². The molecule has 5 nitrogen and oxygen atoms in total. The lowest BCUT2D eigenvalue weighted by atomic mass is 10.2. The molecule has 1 atom stereocenters. The van der Waals surface area contributed by atoms with Gasteiger partial charge in [-0.15, -0.1) is 11.3 Å². The smallest absolute Gasteiger partial charge is 0.149 e. The number of anilines is 2. The molecular formula is C11H16N4OS2. The van der Waals surface area contributed by atoms with Gasteiger partial charge >= 0.3 is 0 Å². The number of thiazole rings is 1. The van der Waals surface area contributed by atoms with Crippen LogP contribution in [0.4, 0.5) is 10.8 Å². The zero-order chi connectivity index (χ0) is 13.1. The van der Waals surface area contributed by atoms with E-state index in [1.54, 1.807) is 11.3 Å². The number of rotatable bonds is 5. The van der Waals surface area contributed by atoms with E-state index in [1.807, 2.05) is 19.2 Å². The summed E-state index contributed by atoms with van der Waals surface area (Å²) in [4.78, 5) is 4.44. The highest BCUT2D eigenvalue weighted by Crippen LogP contribution is 2.38. The second-order valence-electron chi connectivity index (χ2n) is 4.23. The van der Waals surface area contributed by atoms with E-state index >= 15 is 0 Å². The molecule has 0 aromatic carbocycles. The standard InChI is InChI=1S/C11H16N4OS2/c1-6(4-16)3-13-10-8(9(12)15-18-10)11-14-7(2)5-17-11/h5-6,13,16H,3-4H2,1-2H3,(H2,12,15). The number of aromatic nitrogens is 2. The Hall–Kier alpha value is -1.18. The van der Waals surface area contributed by atoms with Crippen molar-refractivity contribution in [2.24, 2.45) is 5.92 Å². The Balaban J connectivity index is 2.22. The van der Waals surface area contributed by atoms with Crippen molar-refractivity contribution in [3.8, 4) is 10.6 Å². The number of aliphatic hydroxyl groups excluding tert-OH is 1. The Morgan fingerprint density at radius 3 is 2.94 bits per heavy atom. The molecule has 0 aliphatic rings. The van der Waals surface area contributed by atoms with Gasteiger partial charge in [0.15, 0.2) is 0 Å². The average Bonchev–Trinajstić information content (AvgIpc) is 2.92. The van der Waals surface area contributed by atoms with Crippen LogP contribution in [-0.4, -0.2) is 27.6 Å². The van der Waals surface area contributed by atoms with Crippen LogP contribution in [0.5, 0.6) is 0 Å². The number of nitrogen functional groups attached to an aromatic ring is 1. The molecule has 0 bridgehead atoms. The van der Waals surface area contributed by atoms with Crippen molar-refractivity contribution in [3.63, 3.8) is 0 Å². The maximum absolute atomic E-state index is 9.02. The van der Waals surface area contributed by atoms with Crippen LogP contribution in [0.15, 0.2) is 5.38 Å². The highest BCUT2D eigenvalue weighted by atomic mass is 32.1. The van der Waals surface area contributed by atoms with Crippen LogP contribution in [0, 0.1) is 12.8 Å². The van der Waals surface area contributed by atoms with E-state index in [-0.39, 0.29) is 12.5 Å². The average molecular weight is 284 g/mol. The van der Waals surface area contributed by atoms with Crippen LogP contribution < -0.4 is 11.1 Å². The minimum atomic E-state index is 0.160. The predicted octanol–water partition coefficient (Wildman–Crippen LogP) is 2.20. The van der Waals surface area contributed by atoms with E-state index in [9.17, 15) is 0 Å². The summed E-state index contributed by atoms with van der Waals surface area (Å²) >= 11 is 2.89. The quantitative estimate of drug-likeness (QED) is 0.784. The van der Waals surface area contributed by atoms with Crippen molar-refractivity contribution in [2.75, 3.05) is 24.2 Å². The van der Waals surface area contributed by atoms with Crippen molar-refractivity contribution in [2.45, 2.75) is 13.8 Å². The second-order valence-corrected chi connectivity index (χ2v) is 5.87. The van der Waals surface area contributed by atoms with Crippen molar-refractivity contribution in [1.29, 1.82) is 0 Å². The van der Waals surface area contributed by atoms with Gasteiger partial charge in [0.05, 0.1) is 5.56 Å². The van der Waals surface area contributed by atoms with Gasteiger partial charge in [0, 0.05) is 24.2 Å². The summed E-state index contributed by atoms with van der Waals surface area (Å²) in [5.41, 5.74) is 7.76. The van der Waals surface area contributed by atoms with Crippen LogP contribution in [0.2, 0.25) is 0 Å². The monoisotopic (exact) mass is 284 g/mol. The van der Waals surface area contributed by atoms with Crippen LogP contribution in [0.25, 0.3) is 10.6 Å². The fourth-order valence-electron chi connectivity index (χ4n) is 1.43. The van der Waals surface area contributed by atoms with E-state index in [0.717, 1.165) is 21.3 Å². The van der Waals surface area contributed by atoms with Gasteiger partial charge in [0.25, 0.3) is 0 Å². The van der Waals surface area contributed by atoms with Gasteiger partial charge in [-0.05, 0) is 24.4 Å². The normalized spacial score (nSPS) is 12.6. The summed E-state index contributed by atoms with van der Waals surface area (Å²) in [7, 11) is 0. The SMILES string of the molecule is Cc1csc(-c2c(N)nsc2NCC(C)CO)n1. The molecule has 0 saturated carbocycles. The summed E-state index contributed by atoms with van der Waals surface area (Å²) in [6.45, 7) is 4.78. The van der Waals surface area contributed by atoms with Gasteiger partial charge in [-0.2, -0.15) is 4.37 Å². The molecule has 4 N–H and O–H groups in total. The van der Waals surface area contributed by atoms with Gasteiger partial charge in [0.1, 0.15) is 15.8 Å². The van der Waals surface area contributed by atoms with E-state index in [4.69, 9.17) is 10.8 Å². The van der Waals surface area contributed by atoms with Crippen molar-refractivity contribution in [1.82, 2.24) is 9.36 Å². The van der Waals surface area contributed by atoms with Crippen LogP contribution in [-0.2, 0) is 0 Å². The largest absolute Gasteiger partial charge is 0.396 e. The minimum absolute atomic E-state index is 0.160. The van der Waals surface area contributed by atoms with Crippen LogP contribution >= 0.6 is 22.9 Å². The van der Waals surface area contributed by atoms with Crippen LogP contribution in [0.1, 0.15) is 12.6 Å². The molecule has 18 heavy (non-hydrogen) atoms. The first-order chi connectivity index (χ1) is 8.61. The first-order valence-corrected chi connectivity index (χ1v) is 7.29. The number of hydrogen-bond acceptors (Lipinski definition) is 7. The maximum Gasteiger partial charge on any atom is 0.149 e. The molecule has 1 unspecified atom stereocenters. The molecule has 0 aliphatic carbocycles. The summed E-state index contributed by atoms with van der Waals surface area (Å²) in [6, 6.07) is 0. The zero-order valence-corrected chi connectivity index (χ0v) is 11.9. The third-order valence-corrected chi connectivity index (χ3v) is 4.27. The molecule has 98 valence electrons. The summed E-state index contributed by atoms with van der Waals surface area (Å²) < 4.78 is 4.17. The fourth-order valence-corrected chi connectivity index (χ4v) is 3.07. The third kappa shape index (κ3) is 2.80. The molecule has 0 aliphatic heterocycles. The Bertz CT molecular complexity index is 523. The predicted molar refractivity (Wildman–Crippen MR) is 77.1 cm³/mol. The fraction of sp³-hybridized carbons (Fsp3) is 0.455. The molecule has 0 saturated heterocycles.